The Morgan fingerprint density at radius 1 is 0.667 bits per heavy atom. The number of anilines is 3. The van der Waals surface area contributed by atoms with E-state index in [0.29, 0.717) is 5.69 Å². The largest absolute Gasteiger partial charge is 0.310 e. The Balaban J connectivity index is 1.98. The van der Waals surface area contributed by atoms with Crippen LogP contribution in [0.3, 0.4) is 0 Å². The molecule has 5 heteroatoms. The smallest absolute Gasteiger partial charge is 0.125 e. The Morgan fingerprint density at radius 3 is 2.15 bits per heavy atom. The first-order valence-corrected chi connectivity index (χ1v) is 8.56. The van der Waals surface area contributed by atoms with E-state index in [1.165, 1.54) is 24.3 Å². The van der Waals surface area contributed by atoms with Crippen LogP contribution in [-0.4, -0.2) is 10.2 Å². The Morgan fingerprint density at radius 2 is 1.37 bits per heavy atom. The van der Waals surface area contributed by atoms with Crippen LogP contribution in [0.5, 0.6) is 0 Å². The van der Waals surface area contributed by atoms with E-state index < -0.39 is 0 Å². The lowest BCUT2D eigenvalue weighted by atomic mass is 10.1. The fourth-order valence-corrected chi connectivity index (χ4v) is 3.22. The molecule has 0 fully saturated rings. The van der Waals surface area contributed by atoms with Crippen LogP contribution in [0.1, 0.15) is 11.1 Å². The zero-order valence-corrected chi connectivity index (χ0v) is 14.9. The van der Waals surface area contributed by atoms with E-state index >= 15 is 0 Å². The third-order valence-corrected chi connectivity index (χ3v) is 4.60. The predicted octanol–water partition coefficient (Wildman–Crippen LogP) is 5.99. The molecule has 134 valence electrons. The van der Waals surface area contributed by atoms with Gasteiger partial charge in [0, 0.05) is 22.1 Å². The predicted molar refractivity (Wildman–Crippen MR) is 104 cm³/mol. The molecule has 0 radical (unpaired) electrons. The number of hydrogen-bond acceptors (Lipinski definition) is 3. The first kappa shape index (κ1) is 17.1. The van der Waals surface area contributed by atoms with Crippen molar-refractivity contribution in [1.82, 2.24) is 10.2 Å². The Hall–Kier alpha value is -3.34. The molecule has 0 saturated carbocycles. The zero-order valence-electron chi connectivity index (χ0n) is 14.9. The van der Waals surface area contributed by atoms with Crippen LogP contribution >= 0.6 is 0 Å². The summed E-state index contributed by atoms with van der Waals surface area (Å²) in [7, 11) is 0. The summed E-state index contributed by atoms with van der Waals surface area (Å²) in [6.07, 6.45) is 3.38. The van der Waals surface area contributed by atoms with E-state index in [0.717, 1.165) is 33.3 Å². The minimum absolute atomic E-state index is 0.305. The highest BCUT2D eigenvalue weighted by molar-refractivity contribution is 5.89. The van der Waals surface area contributed by atoms with Crippen molar-refractivity contribution >= 4 is 27.8 Å². The molecule has 1 heterocycles. The maximum Gasteiger partial charge on any atom is 0.125 e. The Labute approximate surface area is 155 Å². The highest BCUT2D eigenvalue weighted by atomic mass is 19.1. The van der Waals surface area contributed by atoms with Gasteiger partial charge in [-0.15, -0.1) is 0 Å². The molecule has 27 heavy (non-hydrogen) atoms. The molecule has 0 spiro atoms. The van der Waals surface area contributed by atoms with Gasteiger partial charge in [0.1, 0.15) is 11.6 Å². The van der Waals surface area contributed by atoms with Gasteiger partial charge in [-0.1, -0.05) is 12.1 Å². The van der Waals surface area contributed by atoms with E-state index in [9.17, 15) is 8.78 Å². The van der Waals surface area contributed by atoms with Gasteiger partial charge in [-0.3, -0.25) is 0 Å². The zero-order chi connectivity index (χ0) is 19.0. The van der Waals surface area contributed by atoms with Crippen LogP contribution in [0, 0.1) is 25.5 Å². The van der Waals surface area contributed by atoms with Gasteiger partial charge in [-0.05, 0) is 67.4 Å². The number of halogens is 2. The van der Waals surface area contributed by atoms with Gasteiger partial charge in [0.05, 0.1) is 18.1 Å². The number of fused-ring (bicyclic) bond motifs is 1. The summed E-state index contributed by atoms with van der Waals surface area (Å²) < 4.78 is 27.7. The van der Waals surface area contributed by atoms with E-state index in [2.05, 4.69) is 10.2 Å². The van der Waals surface area contributed by atoms with Gasteiger partial charge >= 0.3 is 0 Å². The van der Waals surface area contributed by atoms with Crippen LogP contribution < -0.4 is 4.90 Å². The quantitative estimate of drug-likeness (QED) is 0.448. The summed E-state index contributed by atoms with van der Waals surface area (Å²) in [5.41, 5.74) is 3.98. The average molecular weight is 361 g/mol. The minimum Gasteiger partial charge on any atom is -0.310 e. The van der Waals surface area contributed by atoms with Crippen LogP contribution in [0.25, 0.3) is 10.8 Å². The van der Waals surface area contributed by atoms with Crippen molar-refractivity contribution in [2.24, 2.45) is 0 Å². The van der Waals surface area contributed by atoms with E-state index in [-0.39, 0.29) is 11.6 Å². The maximum atomic E-state index is 14.1. The molecular weight excluding hydrogens is 344 g/mol. The number of aromatic nitrogens is 2. The van der Waals surface area contributed by atoms with Crippen molar-refractivity contribution in [3.8, 4) is 0 Å². The second-order valence-corrected chi connectivity index (χ2v) is 6.50. The van der Waals surface area contributed by atoms with Crippen LogP contribution in [0.2, 0.25) is 0 Å². The molecule has 4 rings (SSSR count). The molecule has 3 nitrogen and oxygen atoms in total. The lowest BCUT2D eigenvalue weighted by Crippen LogP contribution is -2.13. The molecule has 0 amide bonds. The molecule has 4 aromatic rings. The molecule has 0 aliphatic heterocycles. The fraction of sp³-hybridized carbons (Fsp3) is 0.0909. The summed E-state index contributed by atoms with van der Waals surface area (Å²) in [4.78, 5) is 1.94. The number of aryl methyl sites for hydroxylation is 2. The Kier molecular flexibility index (Phi) is 4.28. The third kappa shape index (κ3) is 3.24. The molecular formula is C22H17F2N3. The number of rotatable bonds is 3. The van der Waals surface area contributed by atoms with Crippen LogP contribution in [0.15, 0.2) is 67.0 Å². The van der Waals surface area contributed by atoms with Crippen molar-refractivity contribution in [1.29, 1.82) is 0 Å². The molecule has 0 bridgehead atoms. The van der Waals surface area contributed by atoms with E-state index in [1.54, 1.807) is 24.5 Å². The lowest BCUT2D eigenvalue weighted by Gasteiger charge is -2.28. The van der Waals surface area contributed by atoms with Gasteiger partial charge in [-0.25, -0.2) is 8.78 Å². The number of hydrogen-bond donors (Lipinski definition) is 0. The summed E-state index contributed by atoms with van der Waals surface area (Å²) in [5.74, 6) is -0.632. The topological polar surface area (TPSA) is 29.0 Å². The van der Waals surface area contributed by atoms with E-state index in [4.69, 9.17) is 0 Å². The summed E-state index contributed by atoms with van der Waals surface area (Å²) in [5, 5.41) is 9.72. The first-order valence-electron chi connectivity index (χ1n) is 8.56. The third-order valence-electron chi connectivity index (χ3n) is 4.60. The van der Waals surface area contributed by atoms with Gasteiger partial charge in [-0.2, -0.15) is 10.2 Å². The number of benzene rings is 3. The molecule has 3 aromatic carbocycles. The van der Waals surface area contributed by atoms with Gasteiger partial charge < -0.3 is 4.90 Å². The van der Waals surface area contributed by atoms with Crippen LogP contribution in [0.4, 0.5) is 25.8 Å². The first-order chi connectivity index (χ1) is 13.0. The minimum atomic E-state index is -0.327. The van der Waals surface area contributed by atoms with Crippen molar-refractivity contribution in [2.45, 2.75) is 13.8 Å². The standard InChI is InChI=1S/C22H17F2N3/c1-14-3-5-19(24)11-22(14)27(21-8-6-18(23)9-15(21)2)20-7-4-16-12-25-26-13-17(16)10-20/h3-13H,1-2H3. The average Bonchev–Trinajstić information content (AvgIpc) is 2.66. The second kappa shape index (κ2) is 6.76. The summed E-state index contributed by atoms with van der Waals surface area (Å²) in [6, 6.07) is 15.1. The molecule has 0 N–H and O–H groups in total. The molecule has 0 aliphatic rings. The molecule has 0 unspecified atom stereocenters. The van der Waals surface area contributed by atoms with E-state index in [1.807, 2.05) is 36.9 Å². The number of nitrogens with zero attached hydrogens (tertiary/aromatic N) is 3. The van der Waals surface area contributed by atoms with Gasteiger partial charge in [0.2, 0.25) is 0 Å². The normalized spacial score (nSPS) is 11.0. The monoisotopic (exact) mass is 361 g/mol. The highest BCUT2D eigenvalue weighted by Crippen LogP contribution is 2.39. The van der Waals surface area contributed by atoms with Crippen molar-refractivity contribution in [3.63, 3.8) is 0 Å². The van der Waals surface area contributed by atoms with Crippen LogP contribution in [-0.2, 0) is 0 Å². The maximum absolute atomic E-state index is 14.1. The fourth-order valence-electron chi connectivity index (χ4n) is 3.22. The van der Waals surface area contributed by atoms with Crippen molar-refractivity contribution in [3.05, 3.63) is 89.8 Å². The SMILES string of the molecule is Cc1cc(F)ccc1N(c1ccc2cnncc2c1)c1cc(F)ccc1C. The molecule has 0 atom stereocenters. The molecule has 0 saturated heterocycles. The summed E-state index contributed by atoms with van der Waals surface area (Å²) >= 11 is 0. The summed E-state index contributed by atoms with van der Waals surface area (Å²) in [6.45, 7) is 3.76. The molecule has 0 aliphatic carbocycles. The van der Waals surface area contributed by atoms with Gasteiger partial charge in [0.15, 0.2) is 0 Å². The second-order valence-electron chi connectivity index (χ2n) is 6.50. The van der Waals surface area contributed by atoms with Crippen molar-refractivity contribution in [2.75, 3.05) is 4.90 Å². The lowest BCUT2D eigenvalue weighted by molar-refractivity contribution is 0.625. The Bertz CT molecular complexity index is 1140. The molecule has 1 aromatic heterocycles. The van der Waals surface area contributed by atoms with Crippen molar-refractivity contribution < 1.29 is 8.78 Å². The highest BCUT2D eigenvalue weighted by Gasteiger charge is 2.18. The van der Waals surface area contributed by atoms with Gasteiger partial charge in [0.25, 0.3) is 0 Å².